The molecule has 3 unspecified atom stereocenters. The van der Waals surface area contributed by atoms with Crippen molar-refractivity contribution in [2.24, 2.45) is 0 Å². The van der Waals surface area contributed by atoms with Crippen molar-refractivity contribution in [3.63, 3.8) is 0 Å². The number of H-pyrrole nitrogens is 1. The number of amides is 2. The molecule has 3 heterocycles. The zero-order valence-corrected chi connectivity index (χ0v) is 19.4. The summed E-state index contributed by atoms with van der Waals surface area (Å²) in [6.07, 6.45) is 1.30. The number of hydrogen-bond acceptors (Lipinski definition) is 6. The first kappa shape index (κ1) is 24.2. The second kappa shape index (κ2) is 10.2. The van der Waals surface area contributed by atoms with Gasteiger partial charge in [-0.05, 0) is 40.8 Å². The van der Waals surface area contributed by atoms with Gasteiger partial charge in [-0.15, -0.1) is 0 Å². The van der Waals surface area contributed by atoms with Crippen molar-refractivity contribution in [1.29, 1.82) is 0 Å². The van der Waals surface area contributed by atoms with Gasteiger partial charge in [-0.2, -0.15) is 15.4 Å². The van der Waals surface area contributed by atoms with Gasteiger partial charge >= 0.3 is 0 Å². The van der Waals surface area contributed by atoms with Crippen molar-refractivity contribution < 1.29 is 18.4 Å². The molecule has 2 amide bonds. The highest BCUT2D eigenvalue weighted by molar-refractivity contribution is 5.89. The van der Waals surface area contributed by atoms with E-state index in [4.69, 9.17) is 5.73 Å². The summed E-state index contributed by atoms with van der Waals surface area (Å²) in [5.41, 5.74) is 7.86. The van der Waals surface area contributed by atoms with Gasteiger partial charge in [0.15, 0.2) is 0 Å². The Morgan fingerprint density at radius 3 is 2.69 bits per heavy atom. The van der Waals surface area contributed by atoms with Crippen molar-refractivity contribution in [2.75, 3.05) is 12.3 Å². The second-order valence-electron chi connectivity index (χ2n) is 8.92. The molecule has 4 N–H and O–H groups in total. The molecule has 0 radical (unpaired) electrons. The Bertz CT molecular complexity index is 1200. The number of halogens is 2. The average Bonchev–Trinajstić information content (AvgIpc) is 3.46. The fraction of sp³-hybridized carbons (Fsp3) is 0.375. The number of aromatic nitrogens is 4. The standard InChI is InChI=1S/C24H27F2N7O2/c1-13(2)18-4-3-14(7-19(18)26)23(15-5-6-28-21(27)8-15)30-24(35)20-9-16(25)12-33(20)22(34)10-17-11-29-32-31-17/h3-8,11,13,16,20,23H,9-10,12H2,1-2H3,(H2,27,28)(H,30,35)(H,29,31,32). The highest BCUT2D eigenvalue weighted by Crippen LogP contribution is 2.29. The molecule has 3 atom stereocenters. The van der Waals surface area contributed by atoms with E-state index in [9.17, 15) is 18.4 Å². The topological polar surface area (TPSA) is 130 Å². The summed E-state index contributed by atoms with van der Waals surface area (Å²) < 4.78 is 29.2. The third-order valence-corrected chi connectivity index (χ3v) is 6.08. The third kappa shape index (κ3) is 5.44. The molecule has 1 fully saturated rings. The van der Waals surface area contributed by atoms with Crippen LogP contribution in [0.5, 0.6) is 0 Å². The van der Waals surface area contributed by atoms with Crippen LogP contribution in [0.2, 0.25) is 0 Å². The Morgan fingerprint density at radius 2 is 2.03 bits per heavy atom. The van der Waals surface area contributed by atoms with E-state index < -0.39 is 35.9 Å². The summed E-state index contributed by atoms with van der Waals surface area (Å²) >= 11 is 0. The highest BCUT2D eigenvalue weighted by Gasteiger charge is 2.40. The molecule has 1 aliphatic heterocycles. The van der Waals surface area contributed by atoms with Gasteiger partial charge < -0.3 is 16.0 Å². The maximum atomic E-state index is 14.8. The Morgan fingerprint density at radius 1 is 1.26 bits per heavy atom. The molecule has 11 heteroatoms. The Balaban J connectivity index is 1.61. The van der Waals surface area contributed by atoms with E-state index in [1.54, 1.807) is 24.3 Å². The predicted octanol–water partition coefficient (Wildman–Crippen LogP) is 2.43. The first-order valence-corrected chi connectivity index (χ1v) is 11.3. The zero-order chi connectivity index (χ0) is 25.1. The average molecular weight is 484 g/mol. The molecule has 1 saturated heterocycles. The third-order valence-electron chi connectivity index (χ3n) is 6.08. The molecule has 0 aliphatic carbocycles. The normalized spacial score (nSPS) is 18.6. The second-order valence-corrected chi connectivity index (χ2v) is 8.92. The van der Waals surface area contributed by atoms with Gasteiger partial charge in [0.1, 0.15) is 23.8 Å². The Kier molecular flexibility index (Phi) is 7.04. The first-order valence-electron chi connectivity index (χ1n) is 11.3. The molecule has 184 valence electrons. The quantitative estimate of drug-likeness (QED) is 0.473. The van der Waals surface area contributed by atoms with Crippen LogP contribution in [0.3, 0.4) is 0 Å². The van der Waals surface area contributed by atoms with E-state index >= 15 is 0 Å². The van der Waals surface area contributed by atoms with Crippen molar-refractivity contribution in [1.82, 2.24) is 30.6 Å². The van der Waals surface area contributed by atoms with Crippen molar-refractivity contribution in [3.8, 4) is 0 Å². The van der Waals surface area contributed by atoms with Crippen LogP contribution in [-0.4, -0.2) is 55.9 Å². The SMILES string of the molecule is CC(C)c1ccc(C(NC(=O)C2CC(F)CN2C(=O)Cc2cn[nH]n2)c2ccnc(N)c2)cc1F. The molecule has 0 saturated carbocycles. The Hall–Kier alpha value is -3.89. The van der Waals surface area contributed by atoms with Gasteiger partial charge in [-0.3, -0.25) is 9.59 Å². The number of rotatable bonds is 7. The summed E-state index contributed by atoms with van der Waals surface area (Å²) in [6.45, 7) is 3.58. The molecule has 1 aromatic carbocycles. The number of carbonyl (C=O) groups is 2. The van der Waals surface area contributed by atoms with E-state index in [1.807, 2.05) is 13.8 Å². The van der Waals surface area contributed by atoms with E-state index in [0.717, 1.165) is 0 Å². The lowest BCUT2D eigenvalue weighted by Gasteiger charge is -2.27. The van der Waals surface area contributed by atoms with Crippen LogP contribution < -0.4 is 11.1 Å². The van der Waals surface area contributed by atoms with Gasteiger partial charge in [0, 0.05) is 12.6 Å². The van der Waals surface area contributed by atoms with Crippen molar-refractivity contribution in [2.45, 2.75) is 50.9 Å². The van der Waals surface area contributed by atoms with Gasteiger partial charge in [0.25, 0.3) is 0 Å². The minimum absolute atomic E-state index is 0.0158. The van der Waals surface area contributed by atoms with Gasteiger partial charge in [0.2, 0.25) is 11.8 Å². The summed E-state index contributed by atoms with van der Waals surface area (Å²) in [7, 11) is 0. The number of nitrogens with two attached hydrogens (primary N) is 1. The van der Waals surface area contributed by atoms with Crippen LogP contribution in [0.4, 0.5) is 14.6 Å². The monoisotopic (exact) mass is 483 g/mol. The fourth-order valence-electron chi connectivity index (χ4n) is 4.31. The molecule has 35 heavy (non-hydrogen) atoms. The van der Waals surface area contributed by atoms with Crippen LogP contribution in [-0.2, 0) is 16.0 Å². The van der Waals surface area contributed by atoms with E-state index in [0.29, 0.717) is 22.4 Å². The van der Waals surface area contributed by atoms with Crippen LogP contribution in [0.15, 0.2) is 42.7 Å². The minimum Gasteiger partial charge on any atom is -0.384 e. The number of carbonyl (C=O) groups excluding carboxylic acids is 2. The van der Waals surface area contributed by atoms with Gasteiger partial charge in [-0.25, -0.2) is 13.8 Å². The van der Waals surface area contributed by atoms with E-state index in [2.05, 4.69) is 25.7 Å². The highest BCUT2D eigenvalue weighted by atomic mass is 19.1. The lowest BCUT2D eigenvalue weighted by molar-refractivity contribution is -0.138. The number of nitrogens with zero attached hydrogens (tertiary/aromatic N) is 4. The maximum absolute atomic E-state index is 14.8. The molecule has 0 bridgehead atoms. The number of nitrogen functional groups attached to an aromatic ring is 1. The van der Waals surface area contributed by atoms with Crippen LogP contribution in [0.25, 0.3) is 0 Å². The largest absolute Gasteiger partial charge is 0.384 e. The van der Waals surface area contributed by atoms with Crippen molar-refractivity contribution in [3.05, 3.63) is 70.9 Å². The molecule has 9 nitrogen and oxygen atoms in total. The van der Waals surface area contributed by atoms with Crippen LogP contribution in [0.1, 0.15) is 54.6 Å². The molecule has 0 spiro atoms. The predicted molar refractivity (Wildman–Crippen MR) is 124 cm³/mol. The number of aromatic amines is 1. The smallest absolute Gasteiger partial charge is 0.243 e. The zero-order valence-electron chi connectivity index (χ0n) is 19.4. The van der Waals surface area contributed by atoms with Gasteiger partial charge in [0.05, 0.1) is 30.9 Å². The molecule has 1 aliphatic rings. The van der Waals surface area contributed by atoms with Crippen molar-refractivity contribution >= 4 is 17.6 Å². The molecular formula is C24H27F2N7O2. The molecular weight excluding hydrogens is 456 g/mol. The van der Waals surface area contributed by atoms with E-state index in [-0.39, 0.29) is 31.1 Å². The summed E-state index contributed by atoms with van der Waals surface area (Å²) in [4.78, 5) is 31.4. The molecule has 4 rings (SSSR count). The van der Waals surface area contributed by atoms with Crippen LogP contribution >= 0.6 is 0 Å². The maximum Gasteiger partial charge on any atom is 0.243 e. The summed E-state index contributed by atoms with van der Waals surface area (Å²) in [6, 6.07) is 6.23. The number of anilines is 1. The summed E-state index contributed by atoms with van der Waals surface area (Å²) in [5.74, 6) is -1.16. The van der Waals surface area contributed by atoms with E-state index in [1.165, 1.54) is 23.4 Å². The van der Waals surface area contributed by atoms with Crippen LogP contribution in [0, 0.1) is 5.82 Å². The number of pyridine rings is 1. The fourth-order valence-corrected chi connectivity index (χ4v) is 4.31. The molecule has 2 aromatic heterocycles. The number of benzene rings is 1. The number of nitrogens with one attached hydrogen (secondary N) is 2. The lowest BCUT2D eigenvalue weighted by Crippen LogP contribution is -2.47. The summed E-state index contributed by atoms with van der Waals surface area (Å²) in [5, 5.41) is 12.8. The lowest BCUT2D eigenvalue weighted by atomic mass is 9.94. The Labute approximate surface area is 201 Å². The first-order chi connectivity index (χ1) is 16.7. The van der Waals surface area contributed by atoms with Gasteiger partial charge in [-0.1, -0.05) is 26.0 Å². The molecule has 3 aromatic rings. The number of likely N-dealkylation sites (tertiary alicyclic amines) is 1. The number of hydrogen-bond donors (Lipinski definition) is 3. The minimum atomic E-state index is -1.34. The number of alkyl halides is 1.